The summed E-state index contributed by atoms with van der Waals surface area (Å²) in [4.78, 5) is 15.6. The number of aliphatic hydroxyl groups is 5. The molecule has 5 N–H and O–H groups in total. The van der Waals surface area contributed by atoms with Crippen molar-refractivity contribution in [1.82, 2.24) is 18.7 Å². The molecule has 480 valence electrons. The molecular weight excluding hydrogens is 1240 g/mol. The van der Waals surface area contributed by atoms with E-state index in [2.05, 4.69) is 38.1 Å². The number of nitrogens with zero attached hydrogens (tertiary/aromatic N) is 4. The van der Waals surface area contributed by atoms with E-state index in [1.165, 1.54) is 59.2 Å². The minimum Gasteiger partial charge on any atom is -0.491 e. The van der Waals surface area contributed by atoms with Gasteiger partial charge in [-0.15, -0.1) is 46.2 Å². The molecule has 10 atom stereocenters. The van der Waals surface area contributed by atoms with Gasteiger partial charge in [-0.05, 0) is 86.6 Å². The van der Waals surface area contributed by atoms with Crippen molar-refractivity contribution in [2.75, 3.05) is 139 Å². The Morgan fingerprint density at radius 1 is 0.443 bits per heavy atom. The second-order valence-electron chi connectivity index (χ2n) is 20.3. The molecule has 0 spiro atoms. The molecule has 9 rings (SSSR count). The van der Waals surface area contributed by atoms with Crippen LogP contribution in [-0.4, -0.2) is 242 Å². The van der Waals surface area contributed by atoms with Crippen molar-refractivity contribution in [2.24, 2.45) is 0 Å². The molecule has 7 aromatic rings. The summed E-state index contributed by atoms with van der Waals surface area (Å²) in [5, 5.41) is 50.4. The summed E-state index contributed by atoms with van der Waals surface area (Å²) in [5.74, 6) is 2.49. The van der Waals surface area contributed by atoms with Gasteiger partial charge in [0.1, 0.15) is 106 Å². The Kier molecular flexibility index (Phi) is 27.2. The summed E-state index contributed by atoms with van der Waals surface area (Å²) in [6.07, 6.45) is -6.71. The molecule has 2 aliphatic heterocycles. The van der Waals surface area contributed by atoms with Gasteiger partial charge in [-0.3, -0.25) is 0 Å². The molecular formula is C61H78N4O18S5. The van der Waals surface area contributed by atoms with Crippen LogP contribution in [0.3, 0.4) is 0 Å². The molecule has 0 radical (unpaired) electrons. The van der Waals surface area contributed by atoms with Crippen molar-refractivity contribution in [3.05, 3.63) is 82.6 Å². The topological polar surface area (TPSA) is 273 Å². The third-order valence-electron chi connectivity index (χ3n) is 14.5. The van der Waals surface area contributed by atoms with E-state index in [4.69, 9.17) is 80.3 Å². The fraction of sp³-hybridized carbons (Fsp3) is 0.541. The van der Waals surface area contributed by atoms with E-state index >= 15 is 0 Å². The first kappa shape index (κ1) is 68.3. The Hall–Kier alpha value is -4.12. The SMILES string of the molecule is COC1C(O)C(CO)OC(SCCOCCOCCOCCOc2ccc(-c3nc4c(-c5ccc(C)s5)c5nsnc5c(-c5ccc(C)s5)c4nc3-c3ccc(OCCOCCOCCOCCSC4OC(CO)C(O)C(OC)C4OC)cc3)cc2)C1O. The average molecular weight is 1320 g/mol. The highest BCUT2D eigenvalue weighted by molar-refractivity contribution is 8.00. The van der Waals surface area contributed by atoms with Gasteiger partial charge in [-0.1, -0.05) is 0 Å². The van der Waals surface area contributed by atoms with Crippen LogP contribution in [0, 0.1) is 13.8 Å². The molecule has 2 fully saturated rings. The Bertz CT molecular complexity index is 3200. The quantitative estimate of drug-likeness (QED) is 0.0247. The van der Waals surface area contributed by atoms with E-state index in [0.29, 0.717) is 127 Å². The molecule has 0 saturated carbocycles. The molecule has 0 amide bonds. The highest BCUT2D eigenvalue weighted by atomic mass is 32.2. The fourth-order valence-electron chi connectivity index (χ4n) is 10.1. The lowest BCUT2D eigenvalue weighted by Crippen LogP contribution is -2.59. The standard InChI is InChI=1S/C61H78N4O18S5/c1-36-6-16-44(86-36)46-50-51(47(45-17-7-37(2)87-45)53-52(46)64-88-65-53)63-49(39-10-14-41(15-11-39)81-29-27-77-21-19-75-23-25-79-31-33-85-61-59(73-5)58(72-4)55(69)43(35-67)83-61)48(62-50)38-8-12-40(13-9-38)80-28-26-76-20-18-74-22-24-78-30-32-84-60-56(70)57(71-3)54(68)42(34-66)82-60/h6-17,42-43,54-61,66-70H,18-35H2,1-5H3. The van der Waals surface area contributed by atoms with Crippen LogP contribution in [0.5, 0.6) is 11.5 Å². The molecule has 2 aliphatic rings. The molecule has 2 saturated heterocycles. The van der Waals surface area contributed by atoms with Crippen LogP contribution >= 0.6 is 57.9 Å². The third kappa shape index (κ3) is 17.7. The van der Waals surface area contributed by atoms with Gasteiger partial charge in [0.25, 0.3) is 0 Å². The van der Waals surface area contributed by atoms with Crippen molar-refractivity contribution in [3.63, 3.8) is 0 Å². The van der Waals surface area contributed by atoms with E-state index in [9.17, 15) is 25.5 Å². The van der Waals surface area contributed by atoms with Gasteiger partial charge < -0.3 is 87.1 Å². The molecule has 6 heterocycles. The second-order valence-corrected chi connectivity index (χ2v) is 25.9. The lowest BCUT2D eigenvalue weighted by molar-refractivity contribution is -0.220. The zero-order chi connectivity index (χ0) is 61.8. The minimum absolute atomic E-state index is 0.323. The first-order chi connectivity index (χ1) is 43.0. The van der Waals surface area contributed by atoms with Crippen molar-refractivity contribution in [1.29, 1.82) is 0 Å². The monoisotopic (exact) mass is 1310 g/mol. The predicted octanol–water partition coefficient (Wildman–Crippen LogP) is 6.93. The second kappa shape index (κ2) is 35.1. The summed E-state index contributed by atoms with van der Waals surface area (Å²) < 4.78 is 84.2. The van der Waals surface area contributed by atoms with Gasteiger partial charge in [-0.2, -0.15) is 8.75 Å². The van der Waals surface area contributed by atoms with Crippen LogP contribution in [0.15, 0.2) is 72.8 Å². The maximum absolute atomic E-state index is 10.5. The Morgan fingerprint density at radius 2 is 0.830 bits per heavy atom. The van der Waals surface area contributed by atoms with Gasteiger partial charge in [0.15, 0.2) is 0 Å². The maximum Gasteiger partial charge on any atom is 0.132 e. The highest BCUT2D eigenvalue weighted by Gasteiger charge is 2.46. The Labute approximate surface area is 532 Å². The number of thiophene rings is 2. The number of thioether (sulfide) groups is 2. The Morgan fingerprint density at radius 3 is 1.23 bits per heavy atom. The van der Waals surface area contributed by atoms with Gasteiger partial charge in [-0.25, -0.2) is 9.97 Å². The highest BCUT2D eigenvalue weighted by Crippen LogP contribution is 2.47. The lowest BCUT2D eigenvalue weighted by atomic mass is 9.99. The van der Waals surface area contributed by atoms with Crippen LogP contribution in [0.4, 0.5) is 0 Å². The molecule has 27 heteroatoms. The van der Waals surface area contributed by atoms with Crippen LogP contribution < -0.4 is 9.47 Å². The van der Waals surface area contributed by atoms with Crippen molar-refractivity contribution in [3.8, 4) is 54.9 Å². The summed E-state index contributed by atoms with van der Waals surface area (Å²) in [7, 11) is 4.45. The van der Waals surface area contributed by atoms with E-state index in [-0.39, 0.29) is 13.2 Å². The van der Waals surface area contributed by atoms with Crippen molar-refractivity contribution >= 4 is 80.0 Å². The number of aromatic nitrogens is 4. The first-order valence-corrected chi connectivity index (χ1v) is 33.5. The summed E-state index contributed by atoms with van der Waals surface area (Å²) in [6.45, 7) is 8.88. The van der Waals surface area contributed by atoms with Crippen molar-refractivity contribution in [2.45, 2.75) is 73.6 Å². The number of hydrogen-bond acceptors (Lipinski definition) is 27. The largest absolute Gasteiger partial charge is 0.491 e. The number of aliphatic hydroxyl groups excluding tert-OH is 5. The third-order valence-corrected chi connectivity index (χ3v) is 19.3. The number of aryl methyl sites for hydroxylation is 2. The number of rotatable bonds is 37. The van der Waals surface area contributed by atoms with Gasteiger partial charge >= 0.3 is 0 Å². The lowest BCUT2D eigenvalue weighted by Gasteiger charge is -2.42. The number of ether oxygens (including phenoxy) is 13. The average Bonchev–Trinajstić information content (AvgIpc) is 1.35. The van der Waals surface area contributed by atoms with Gasteiger partial charge in [0, 0.05) is 74.6 Å². The van der Waals surface area contributed by atoms with E-state index in [1.807, 2.05) is 48.5 Å². The molecule has 3 aromatic carbocycles. The van der Waals surface area contributed by atoms with Gasteiger partial charge in [0.2, 0.25) is 0 Å². The van der Waals surface area contributed by atoms with Crippen LogP contribution in [0.25, 0.3) is 65.5 Å². The molecule has 0 aliphatic carbocycles. The summed E-state index contributed by atoms with van der Waals surface area (Å²) in [6, 6.07) is 24.2. The molecule has 4 aromatic heterocycles. The molecule has 0 bridgehead atoms. The zero-order valence-electron chi connectivity index (χ0n) is 49.8. The van der Waals surface area contributed by atoms with Crippen LogP contribution in [-0.2, 0) is 52.1 Å². The van der Waals surface area contributed by atoms with Gasteiger partial charge in [0.05, 0.1) is 116 Å². The summed E-state index contributed by atoms with van der Waals surface area (Å²) >= 11 is 7.38. The number of fused-ring (bicyclic) bond motifs is 2. The fourth-order valence-corrected chi connectivity index (χ4v) is 14.6. The molecule has 22 nitrogen and oxygen atoms in total. The summed E-state index contributed by atoms with van der Waals surface area (Å²) in [5.41, 5.74) is 6.83. The zero-order valence-corrected chi connectivity index (χ0v) is 53.9. The molecule has 88 heavy (non-hydrogen) atoms. The number of methoxy groups -OCH3 is 3. The first-order valence-electron chi connectivity index (χ1n) is 29.0. The van der Waals surface area contributed by atoms with Crippen LogP contribution in [0.1, 0.15) is 9.75 Å². The van der Waals surface area contributed by atoms with Crippen LogP contribution in [0.2, 0.25) is 0 Å². The minimum atomic E-state index is -1.12. The van der Waals surface area contributed by atoms with E-state index in [0.717, 1.165) is 54.1 Å². The number of hydrogen-bond donors (Lipinski definition) is 5. The normalized spacial score (nSPS) is 22.3. The predicted molar refractivity (Wildman–Crippen MR) is 340 cm³/mol. The molecule has 10 unspecified atom stereocenters. The van der Waals surface area contributed by atoms with E-state index < -0.39 is 59.7 Å². The Balaban J connectivity index is 0.764. The maximum atomic E-state index is 10.5. The number of benzene rings is 3. The smallest absolute Gasteiger partial charge is 0.132 e. The van der Waals surface area contributed by atoms with E-state index in [1.54, 1.807) is 29.8 Å². The van der Waals surface area contributed by atoms with Crippen molar-refractivity contribution < 1.29 is 87.1 Å².